The minimum absolute atomic E-state index is 0.296. The molecule has 0 bridgehead atoms. The van der Waals surface area contributed by atoms with E-state index in [0.717, 1.165) is 18.8 Å². The van der Waals surface area contributed by atoms with Crippen molar-refractivity contribution >= 4 is 11.7 Å². The van der Waals surface area contributed by atoms with Crippen LogP contribution in [0.25, 0.3) is 0 Å². The van der Waals surface area contributed by atoms with Gasteiger partial charge in [-0.05, 0) is 24.3 Å². The Balaban J connectivity index is 1.85. The van der Waals surface area contributed by atoms with Crippen LogP contribution in [0.5, 0.6) is 0 Å². The van der Waals surface area contributed by atoms with Crippen molar-refractivity contribution in [1.29, 1.82) is 0 Å². The van der Waals surface area contributed by atoms with E-state index in [-0.39, 0.29) is 0 Å². The zero-order valence-electron chi connectivity index (χ0n) is 9.21. The molecule has 1 aromatic carbocycles. The lowest BCUT2D eigenvalue weighted by Crippen LogP contribution is -2.09. The molecule has 2 aromatic rings. The van der Waals surface area contributed by atoms with Crippen molar-refractivity contribution in [3.05, 3.63) is 48.5 Å². The summed E-state index contributed by atoms with van der Waals surface area (Å²) in [6, 6.07) is 6.69. The van der Waals surface area contributed by atoms with Gasteiger partial charge in [0, 0.05) is 31.2 Å². The number of nitrogens with one attached hydrogen (secondary N) is 1. The Kier molecular flexibility index (Phi) is 3.40. The topological polar surface area (TPSA) is 67.2 Å². The molecular formula is C12H13N3O2. The number of carboxylic acid groups (broad SMARTS) is 1. The van der Waals surface area contributed by atoms with Gasteiger partial charge in [0.15, 0.2) is 0 Å². The monoisotopic (exact) mass is 231 g/mol. The van der Waals surface area contributed by atoms with Gasteiger partial charge in [0.1, 0.15) is 0 Å². The van der Waals surface area contributed by atoms with Crippen LogP contribution >= 0.6 is 0 Å². The van der Waals surface area contributed by atoms with Gasteiger partial charge >= 0.3 is 5.97 Å². The highest BCUT2D eigenvalue weighted by atomic mass is 16.4. The fraction of sp³-hybridized carbons (Fsp3) is 0.167. The minimum Gasteiger partial charge on any atom is -0.478 e. The Morgan fingerprint density at radius 3 is 2.71 bits per heavy atom. The van der Waals surface area contributed by atoms with Gasteiger partial charge in [-0.25, -0.2) is 9.78 Å². The molecule has 1 aromatic heterocycles. The molecule has 2 N–H and O–H groups in total. The van der Waals surface area contributed by atoms with Crippen LogP contribution in [-0.2, 0) is 6.54 Å². The van der Waals surface area contributed by atoms with E-state index in [0.29, 0.717) is 5.56 Å². The molecule has 0 fully saturated rings. The van der Waals surface area contributed by atoms with Crippen LogP contribution in [0.1, 0.15) is 10.4 Å². The van der Waals surface area contributed by atoms with Crippen molar-refractivity contribution in [2.75, 3.05) is 11.9 Å². The number of imidazole rings is 1. The van der Waals surface area contributed by atoms with Crippen molar-refractivity contribution in [3.63, 3.8) is 0 Å². The molecule has 0 unspecified atom stereocenters. The first-order valence-electron chi connectivity index (χ1n) is 5.29. The van der Waals surface area contributed by atoms with Gasteiger partial charge in [0.05, 0.1) is 11.9 Å². The van der Waals surface area contributed by atoms with Crippen molar-refractivity contribution in [2.45, 2.75) is 6.54 Å². The normalized spacial score (nSPS) is 10.1. The van der Waals surface area contributed by atoms with E-state index >= 15 is 0 Å². The number of carboxylic acids is 1. The summed E-state index contributed by atoms with van der Waals surface area (Å²) in [4.78, 5) is 14.6. The van der Waals surface area contributed by atoms with Crippen LogP contribution in [-0.4, -0.2) is 27.2 Å². The fourth-order valence-corrected chi connectivity index (χ4v) is 1.48. The summed E-state index contributed by atoms with van der Waals surface area (Å²) in [5.41, 5.74) is 1.21. The van der Waals surface area contributed by atoms with E-state index in [1.165, 1.54) is 0 Å². The number of nitrogens with zero attached hydrogens (tertiary/aromatic N) is 2. The predicted octanol–water partition coefficient (Wildman–Crippen LogP) is 1.69. The summed E-state index contributed by atoms with van der Waals surface area (Å²) in [5.74, 6) is -0.907. The molecule has 88 valence electrons. The van der Waals surface area contributed by atoms with Crippen molar-refractivity contribution in [1.82, 2.24) is 9.55 Å². The van der Waals surface area contributed by atoms with E-state index in [1.807, 2.05) is 10.8 Å². The lowest BCUT2D eigenvalue weighted by molar-refractivity contribution is 0.0697. The second-order valence-electron chi connectivity index (χ2n) is 3.61. The lowest BCUT2D eigenvalue weighted by Gasteiger charge is -2.06. The van der Waals surface area contributed by atoms with Crippen LogP contribution in [0.4, 0.5) is 5.69 Å². The first-order valence-corrected chi connectivity index (χ1v) is 5.29. The standard InChI is InChI=1S/C12H13N3O2/c16-12(17)10-1-3-11(4-2-10)14-6-8-15-7-5-13-9-15/h1-5,7,9,14H,6,8H2,(H,16,17). The van der Waals surface area contributed by atoms with Crippen LogP contribution in [0.3, 0.4) is 0 Å². The Morgan fingerprint density at radius 1 is 1.35 bits per heavy atom. The highest BCUT2D eigenvalue weighted by molar-refractivity contribution is 5.87. The molecule has 0 aliphatic rings. The third kappa shape index (κ3) is 3.07. The maximum Gasteiger partial charge on any atom is 0.335 e. The number of rotatable bonds is 5. The SMILES string of the molecule is O=C(O)c1ccc(NCCn2ccnc2)cc1. The number of hydrogen-bond acceptors (Lipinski definition) is 3. The number of hydrogen-bond donors (Lipinski definition) is 2. The zero-order valence-corrected chi connectivity index (χ0v) is 9.21. The smallest absolute Gasteiger partial charge is 0.335 e. The maximum atomic E-state index is 10.7. The van der Waals surface area contributed by atoms with E-state index in [4.69, 9.17) is 5.11 Å². The van der Waals surface area contributed by atoms with Gasteiger partial charge in [-0.2, -0.15) is 0 Å². The first kappa shape index (κ1) is 11.2. The number of carbonyl (C=O) groups is 1. The Hall–Kier alpha value is -2.30. The minimum atomic E-state index is -0.907. The highest BCUT2D eigenvalue weighted by Crippen LogP contribution is 2.09. The quantitative estimate of drug-likeness (QED) is 0.821. The van der Waals surface area contributed by atoms with Gasteiger partial charge in [0.2, 0.25) is 0 Å². The summed E-state index contributed by atoms with van der Waals surface area (Å²) in [6.45, 7) is 1.59. The Bertz CT molecular complexity index is 477. The molecule has 17 heavy (non-hydrogen) atoms. The number of aromatic nitrogens is 2. The largest absolute Gasteiger partial charge is 0.478 e. The number of anilines is 1. The third-order valence-corrected chi connectivity index (χ3v) is 2.39. The number of benzene rings is 1. The summed E-state index contributed by atoms with van der Waals surface area (Å²) in [7, 11) is 0. The van der Waals surface area contributed by atoms with E-state index in [9.17, 15) is 4.79 Å². The molecule has 0 amide bonds. The Morgan fingerprint density at radius 2 is 2.12 bits per heavy atom. The third-order valence-electron chi connectivity index (χ3n) is 2.39. The molecule has 0 aliphatic carbocycles. The Labute approximate surface area is 98.7 Å². The molecule has 0 radical (unpaired) electrons. The van der Waals surface area contributed by atoms with Crippen LogP contribution in [0.2, 0.25) is 0 Å². The molecular weight excluding hydrogens is 218 g/mol. The molecule has 1 heterocycles. The van der Waals surface area contributed by atoms with E-state index in [1.54, 1.807) is 36.8 Å². The van der Waals surface area contributed by atoms with Crippen molar-refractivity contribution in [2.24, 2.45) is 0 Å². The van der Waals surface area contributed by atoms with Crippen molar-refractivity contribution < 1.29 is 9.90 Å². The summed E-state index contributed by atoms with van der Waals surface area (Å²) in [6.07, 6.45) is 5.39. The van der Waals surface area contributed by atoms with Gasteiger partial charge in [-0.1, -0.05) is 0 Å². The predicted molar refractivity (Wildman–Crippen MR) is 64.1 cm³/mol. The van der Waals surface area contributed by atoms with Crippen molar-refractivity contribution in [3.8, 4) is 0 Å². The molecule has 0 saturated carbocycles. The van der Waals surface area contributed by atoms with Crippen LogP contribution < -0.4 is 5.32 Å². The molecule has 0 atom stereocenters. The molecule has 2 rings (SSSR count). The molecule has 5 nitrogen and oxygen atoms in total. The summed E-state index contributed by atoms with van der Waals surface area (Å²) >= 11 is 0. The van der Waals surface area contributed by atoms with E-state index in [2.05, 4.69) is 10.3 Å². The fourth-order valence-electron chi connectivity index (χ4n) is 1.48. The number of aromatic carboxylic acids is 1. The zero-order chi connectivity index (χ0) is 12.1. The second kappa shape index (κ2) is 5.16. The van der Waals surface area contributed by atoms with E-state index < -0.39 is 5.97 Å². The molecule has 0 aliphatic heterocycles. The highest BCUT2D eigenvalue weighted by Gasteiger charge is 2.00. The summed E-state index contributed by atoms with van der Waals surface area (Å²) in [5, 5.41) is 12.0. The van der Waals surface area contributed by atoms with Crippen LogP contribution in [0, 0.1) is 0 Å². The van der Waals surface area contributed by atoms with Gasteiger partial charge in [0.25, 0.3) is 0 Å². The van der Waals surface area contributed by atoms with Gasteiger partial charge in [-0.15, -0.1) is 0 Å². The molecule has 0 spiro atoms. The average molecular weight is 231 g/mol. The van der Waals surface area contributed by atoms with Crippen LogP contribution in [0.15, 0.2) is 43.0 Å². The summed E-state index contributed by atoms with van der Waals surface area (Å²) < 4.78 is 1.97. The average Bonchev–Trinajstić information content (AvgIpc) is 2.83. The lowest BCUT2D eigenvalue weighted by atomic mass is 10.2. The van der Waals surface area contributed by atoms with Gasteiger partial charge < -0.3 is 15.0 Å². The second-order valence-corrected chi connectivity index (χ2v) is 3.61. The molecule has 5 heteroatoms. The molecule has 0 saturated heterocycles. The van der Waals surface area contributed by atoms with Gasteiger partial charge in [-0.3, -0.25) is 0 Å². The maximum absolute atomic E-state index is 10.7. The first-order chi connectivity index (χ1) is 8.25.